The fraction of sp³-hybridized carbons (Fsp3) is 0.556. The summed E-state index contributed by atoms with van der Waals surface area (Å²) >= 11 is 5.93. The molecule has 0 radical (unpaired) electrons. The minimum Gasteiger partial charge on any atom is -0.394 e. The second-order valence-corrected chi connectivity index (χ2v) is 4.14. The molecule has 1 saturated heterocycles. The van der Waals surface area contributed by atoms with E-state index in [-0.39, 0.29) is 12.0 Å². The Kier molecular flexibility index (Phi) is 3.13. The molecule has 0 spiro atoms. The Morgan fingerprint density at radius 2 is 2.38 bits per heavy atom. The monoisotopic (exact) mass is 246 g/mol. The van der Waals surface area contributed by atoms with Gasteiger partial charge in [-0.05, 0) is 0 Å². The maximum Gasteiger partial charge on any atom is 0.330 e. The minimum absolute atomic E-state index is 0.192. The number of nitrogens with one attached hydrogen (secondary N) is 1. The van der Waals surface area contributed by atoms with Gasteiger partial charge in [-0.15, -0.1) is 11.6 Å². The van der Waals surface area contributed by atoms with E-state index < -0.39 is 23.6 Å². The largest absolute Gasteiger partial charge is 0.394 e. The van der Waals surface area contributed by atoms with E-state index in [0.29, 0.717) is 6.42 Å². The third-order valence-electron chi connectivity index (χ3n) is 2.50. The lowest BCUT2D eigenvalue weighted by atomic mass is 10.2. The van der Waals surface area contributed by atoms with Crippen LogP contribution in [-0.4, -0.2) is 32.7 Å². The number of H-pyrrole nitrogens is 1. The van der Waals surface area contributed by atoms with E-state index in [4.69, 9.17) is 21.4 Å². The van der Waals surface area contributed by atoms with Crippen LogP contribution in [0.25, 0.3) is 0 Å². The van der Waals surface area contributed by atoms with Crippen molar-refractivity contribution in [1.29, 1.82) is 0 Å². The molecule has 7 heteroatoms. The SMILES string of the molecule is O=c1ccn([C@@H]2CC(Cl)[C@H](CO)O2)c(=O)[nH]1. The highest BCUT2D eigenvalue weighted by molar-refractivity contribution is 6.21. The van der Waals surface area contributed by atoms with Gasteiger partial charge >= 0.3 is 5.69 Å². The molecule has 2 heterocycles. The van der Waals surface area contributed by atoms with E-state index >= 15 is 0 Å². The molecule has 1 unspecified atom stereocenters. The molecule has 1 aliphatic rings. The molecule has 16 heavy (non-hydrogen) atoms. The molecule has 6 nitrogen and oxygen atoms in total. The van der Waals surface area contributed by atoms with Crippen LogP contribution < -0.4 is 11.2 Å². The van der Waals surface area contributed by atoms with E-state index in [1.54, 1.807) is 0 Å². The maximum absolute atomic E-state index is 11.5. The number of hydrogen-bond donors (Lipinski definition) is 2. The van der Waals surface area contributed by atoms with E-state index in [9.17, 15) is 9.59 Å². The number of alkyl halides is 1. The quantitative estimate of drug-likeness (QED) is 0.684. The van der Waals surface area contributed by atoms with E-state index in [0.717, 1.165) is 0 Å². The number of halogens is 1. The third-order valence-corrected chi connectivity index (χ3v) is 2.96. The molecule has 1 aromatic rings. The van der Waals surface area contributed by atoms with Crippen LogP contribution >= 0.6 is 11.6 Å². The molecule has 0 bridgehead atoms. The van der Waals surface area contributed by atoms with Gasteiger partial charge in [0.1, 0.15) is 6.23 Å². The molecular formula is C9H11ClN2O4. The lowest BCUT2D eigenvalue weighted by molar-refractivity contribution is -0.0240. The molecule has 1 aliphatic heterocycles. The first-order valence-corrected chi connectivity index (χ1v) is 5.27. The van der Waals surface area contributed by atoms with Crippen molar-refractivity contribution in [2.24, 2.45) is 0 Å². The van der Waals surface area contributed by atoms with Crippen LogP contribution in [-0.2, 0) is 4.74 Å². The Bertz CT molecular complexity index is 483. The lowest BCUT2D eigenvalue weighted by Crippen LogP contribution is -2.31. The number of rotatable bonds is 2. The molecule has 0 saturated carbocycles. The van der Waals surface area contributed by atoms with Crippen LogP contribution in [0.1, 0.15) is 12.6 Å². The standard InChI is InChI=1S/C9H11ClN2O4/c10-5-3-8(16-6(5)4-13)12-2-1-7(14)11-9(12)15/h1-2,5-6,8,13H,3-4H2,(H,11,14,15)/t5?,6-,8-/m0/s1. The average molecular weight is 247 g/mol. The number of aliphatic hydroxyl groups is 1. The van der Waals surface area contributed by atoms with Crippen LogP contribution in [0.3, 0.4) is 0 Å². The third kappa shape index (κ3) is 2.04. The van der Waals surface area contributed by atoms with Gasteiger partial charge < -0.3 is 9.84 Å². The van der Waals surface area contributed by atoms with Crippen LogP contribution in [0.15, 0.2) is 21.9 Å². The molecule has 2 rings (SSSR count). The number of aliphatic hydroxyl groups excluding tert-OH is 1. The van der Waals surface area contributed by atoms with Gasteiger partial charge in [-0.3, -0.25) is 14.3 Å². The van der Waals surface area contributed by atoms with Crippen molar-refractivity contribution in [3.05, 3.63) is 33.1 Å². The van der Waals surface area contributed by atoms with E-state index in [2.05, 4.69) is 4.98 Å². The molecule has 0 aromatic carbocycles. The van der Waals surface area contributed by atoms with Crippen molar-refractivity contribution < 1.29 is 9.84 Å². The highest BCUT2D eigenvalue weighted by atomic mass is 35.5. The van der Waals surface area contributed by atoms with Crippen LogP contribution in [0.4, 0.5) is 0 Å². The van der Waals surface area contributed by atoms with Gasteiger partial charge in [0.2, 0.25) is 0 Å². The number of ether oxygens (including phenoxy) is 1. The van der Waals surface area contributed by atoms with Crippen molar-refractivity contribution >= 4 is 11.6 Å². The fourth-order valence-corrected chi connectivity index (χ4v) is 1.97. The van der Waals surface area contributed by atoms with Gasteiger partial charge in [0.15, 0.2) is 0 Å². The van der Waals surface area contributed by atoms with Gasteiger partial charge in [0.05, 0.1) is 18.1 Å². The summed E-state index contributed by atoms with van der Waals surface area (Å²) in [5, 5.41) is 8.62. The van der Waals surface area contributed by atoms with Crippen molar-refractivity contribution in [2.75, 3.05) is 6.61 Å². The van der Waals surface area contributed by atoms with Crippen LogP contribution in [0.5, 0.6) is 0 Å². The Morgan fingerprint density at radius 1 is 1.62 bits per heavy atom. The van der Waals surface area contributed by atoms with Gasteiger partial charge in [-0.1, -0.05) is 0 Å². The smallest absolute Gasteiger partial charge is 0.330 e. The molecule has 1 aromatic heterocycles. The molecular weight excluding hydrogens is 236 g/mol. The summed E-state index contributed by atoms with van der Waals surface area (Å²) < 4.78 is 6.64. The first kappa shape index (κ1) is 11.4. The Morgan fingerprint density at radius 3 is 2.94 bits per heavy atom. The summed E-state index contributed by atoms with van der Waals surface area (Å²) in [4.78, 5) is 24.4. The zero-order valence-corrected chi connectivity index (χ0v) is 9.05. The summed E-state index contributed by atoms with van der Waals surface area (Å²) in [7, 11) is 0. The van der Waals surface area contributed by atoms with Crippen molar-refractivity contribution in [3.8, 4) is 0 Å². The summed E-state index contributed by atoms with van der Waals surface area (Å²) in [6.07, 6.45) is 0.753. The second-order valence-electron chi connectivity index (χ2n) is 3.58. The predicted molar refractivity (Wildman–Crippen MR) is 56.6 cm³/mol. The summed E-state index contributed by atoms with van der Waals surface area (Å²) in [6.45, 7) is -0.192. The topological polar surface area (TPSA) is 84.3 Å². The Labute approximate surface area is 95.4 Å². The van der Waals surface area contributed by atoms with E-state index in [1.807, 2.05) is 0 Å². The highest BCUT2D eigenvalue weighted by Crippen LogP contribution is 2.30. The predicted octanol–water partition coefficient (Wildman–Crippen LogP) is -0.576. The van der Waals surface area contributed by atoms with Gasteiger partial charge in [0.25, 0.3) is 5.56 Å². The zero-order valence-electron chi connectivity index (χ0n) is 8.30. The summed E-state index contributed by atoms with van der Waals surface area (Å²) in [6, 6.07) is 1.24. The van der Waals surface area contributed by atoms with Gasteiger partial charge in [-0.2, -0.15) is 0 Å². The average Bonchev–Trinajstić information content (AvgIpc) is 2.59. The van der Waals surface area contributed by atoms with Gasteiger partial charge in [0, 0.05) is 18.7 Å². The lowest BCUT2D eigenvalue weighted by Gasteiger charge is -2.13. The molecule has 88 valence electrons. The molecule has 0 aliphatic carbocycles. The summed E-state index contributed by atoms with van der Waals surface area (Å²) in [5.74, 6) is 0. The normalized spacial score (nSPS) is 29.5. The Hall–Kier alpha value is -1.11. The molecule has 2 N–H and O–H groups in total. The highest BCUT2D eigenvalue weighted by Gasteiger charge is 2.34. The number of aromatic nitrogens is 2. The van der Waals surface area contributed by atoms with Crippen molar-refractivity contribution in [2.45, 2.75) is 24.1 Å². The molecule has 1 fully saturated rings. The minimum atomic E-state index is -0.542. The second kappa shape index (κ2) is 4.40. The van der Waals surface area contributed by atoms with E-state index in [1.165, 1.54) is 16.8 Å². The molecule has 0 amide bonds. The summed E-state index contributed by atoms with van der Waals surface area (Å²) in [5.41, 5.74) is -1.000. The maximum atomic E-state index is 11.5. The van der Waals surface area contributed by atoms with Crippen LogP contribution in [0.2, 0.25) is 0 Å². The Balaban J connectivity index is 2.27. The zero-order chi connectivity index (χ0) is 11.7. The first-order valence-electron chi connectivity index (χ1n) is 4.83. The van der Waals surface area contributed by atoms with Crippen LogP contribution in [0, 0.1) is 0 Å². The van der Waals surface area contributed by atoms with Crippen molar-refractivity contribution in [3.63, 3.8) is 0 Å². The number of hydrogen-bond acceptors (Lipinski definition) is 4. The van der Waals surface area contributed by atoms with Gasteiger partial charge in [-0.25, -0.2) is 4.79 Å². The first-order chi connectivity index (χ1) is 7.61. The fourth-order valence-electron chi connectivity index (χ4n) is 1.68. The number of nitrogens with zero attached hydrogens (tertiary/aromatic N) is 1. The van der Waals surface area contributed by atoms with Crippen molar-refractivity contribution in [1.82, 2.24) is 9.55 Å². The number of aromatic amines is 1. The molecule has 3 atom stereocenters.